The lowest BCUT2D eigenvalue weighted by Crippen LogP contribution is -2.60. The van der Waals surface area contributed by atoms with E-state index in [-0.39, 0.29) is 23.4 Å². The van der Waals surface area contributed by atoms with Crippen LogP contribution in [0.25, 0.3) is 0 Å². The molecule has 6 rings (SSSR count). The van der Waals surface area contributed by atoms with Crippen LogP contribution in [0.2, 0.25) is 0 Å². The number of nitrogens with zero attached hydrogens (tertiary/aromatic N) is 2. The van der Waals surface area contributed by atoms with E-state index in [1.54, 1.807) is 41.0 Å². The van der Waals surface area contributed by atoms with E-state index in [0.29, 0.717) is 37.4 Å². The normalized spacial score (nSPS) is 31.5. The highest BCUT2D eigenvalue weighted by Gasteiger charge is 2.51. The number of hydrogen-bond donors (Lipinski definition) is 2. The topological polar surface area (TPSA) is 81.8 Å². The first kappa shape index (κ1) is 20.3. The molecular weight excluding hydrogens is 392 g/mol. The van der Waals surface area contributed by atoms with Gasteiger partial charge < -0.3 is 20.4 Å². The largest absolute Gasteiger partial charge is 0.339 e. The molecule has 5 fully saturated rings. The molecule has 1 aromatic rings. The molecule has 0 aromatic heterocycles. The average molecular weight is 425 g/mol. The van der Waals surface area contributed by atoms with Gasteiger partial charge in [-0.25, -0.2) is 4.79 Å². The third-order valence-electron chi connectivity index (χ3n) is 7.82. The minimum Gasteiger partial charge on any atom is -0.339 e. The molecule has 2 N–H and O–H groups in total. The molecule has 1 aromatic carbocycles. The number of amides is 4. The summed E-state index contributed by atoms with van der Waals surface area (Å²) in [6, 6.07) is 6.97. The predicted octanol–water partition coefficient (Wildman–Crippen LogP) is 3.08. The van der Waals surface area contributed by atoms with E-state index in [2.05, 4.69) is 10.6 Å². The highest BCUT2D eigenvalue weighted by molar-refractivity contribution is 5.95. The summed E-state index contributed by atoms with van der Waals surface area (Å²) in [6.45, 7) is 3.80. The third-order valence-corrected chi connectivity index (χ3v) is 7.82. The third kappa shape index (κ3) is 4.14. The van der Waals surface area contributed by atoms with E-state index < -0.39 is 0 Å². The standard InChI is InChI=1S/C24H32N4O3/c1-16(29)27-6-8-28(9-7-27)22(30)20-2-4-21(5-3-20)25-23(31)26-24-13-17-10-18(14-24)12-19(11-17)15-24/h2-5,17-19H,6-15H2,1H3,(H2,25,26,31). The molecule has 0 radical (unpaired) electrons. The second-order valence-corrected chi connectivity index (χ2v) is 10.2. The minimum absolute atomic E-state index is 0.0171. The molecule has 1 saturated heterocycles. The molecule has 0 spiro atoms. The molecule has 4 saturated carbocycles. The average Bonchev–Trinajstić information content (AvgIpc) is 2.72. The summed E-state index contributed by atoms with van der Waals surface area (Å²) in [7, 11) is 0. The van der Waals surface area contributed by atoms with Crippen molar-refractivity contribution in [2.24, 2.45) is 17.8 Å². The molecule has 0 unspecified atom stereocenters. The van der Waals surface area contributed by atoms with Crippen LogP contribution in [0.15, 0.2) is 24.3 Å². The van der Waals surface area contributed by atoms with E-state index in [1.807, 2.05) is 0 Å². The molecule has 1 aliphatic heterocycles. The fourth-order valence-electron chi connectivity index (χ4n) is 6.77. The number of urea groups is 1. The number of benzene rings is 1. The summed E-state index contributed by atoms with van der Waals surface area (Å²) in [5, 5.41) is 6.28. The van der Waals surface area contributed by atoms with Gasteiger partial charge in [0.1, 0.15) is 0 Å². The van der Waals surface area contributed by atoms with Gasteiger partial charge in [-0.1, -0.05) is 0 Å². The van der Waals surface area contributed by atoms with Crippen molar-refractivity contribution < 1.29 is 14.4 Å². The number of hydrogen-bond acceptors (Lipinski definition) is 3. The first-order valence-electron chi connectivity index (χ1n) is 11.6. The van der Waals surface area contributed by atoms with Gasteiger partial charge in [0, 0.05) is 49.9 Å². The summed E-state index contributed by atoms with van der Waals surface area (Å²) < 4.78 is 0. The SMILES string of the molecule is CC(=O)N1CCN(C(=O)c2ccc(NC(=O)NC34CC5CC(CC(C5)C3)C4)cc2)CC1. The van der Waals surface area contributed by atoms with E-state index in [9.17, 15) is 14.4 Å². The second kappa shape index (κ2) is 7.84. The first-order chi connectivity index (χ1) is 14.9. The van der Waals surface area contributed by atoms with Crippen molar-refractivity contribution in [2.45, 2.75) is 51.0 Å². The molecule has 166 valence electrons. The second-order valence-electron chi connectivity index (χ2n) is 10.2. The number of carbonyl (C=O) groups excluding carboxylic acids is 3. The maximum atomic E-state index is 12.7. The Morgan fingerprint density at radius 3 is 1.87 bits per heavy atom. The molecule has 4 amide bonds. The van der Waals surface area contributed by atoms with Crippen LogP contribution in [0, 0.1) is 17.8 Å². The van der Waals surface area contributed by atoms with Crippen LogP contribution in [-0.2, 0) is 4.79 Å². The lowest BCUT2D eigenvalue weighted by molar-refractivity contribution is -0.130. The molecule has 4 bridgehead atoms. The van der Waals surface area contributed by atoms with Crippen LogP contribution in [0.3, 0.4) is 0 Å². The molecule has 31 heavy (non-hydrogen) atoms. The van der Waals surface area contributed by atoms with E-state index in [4.69, 9.17) is 0 Å². The molecule has 5 aliphatic rings. The highest BCUT2D eigenvalue weighted by Crippen LogP contribution is 2.55. The zero-order valence-corrected chi connectivity index (χ0v) is 18.2. The van der Waals surface area contributed by atoms with Gasteiger partial charge in [0.05, 0.1) is 0 Å². The number of carbonyl (C=O) groups is 3. The van der Waals surface area contributed by atoms with Gasteiger partial charge in [-0.2, -0.15) is 0 Å². The molecule has 4 aliphatic carbocycles. The zero-order chi connectivity index (χ0) is 21.6. The van der Waals surface area contributed by atoms with Crippen molar-refractivity contribution in [1.82, 2.24) is 15.1 Å². The fourth-order valence-corrected chi connectivity index (χ4v) is 6.77. The predicted molar refractivity (Wildman–Crippen MR) is 118 cm³/mol. The van der Waals surface area contributed by atoms with Gasteiger partial charge in [-0.15, -0.1) is 0 Å². The van der Waals surface area contributed by atoms with Crippen LogP contribution in [0.1, 0.15) is 55.8 Å². The van der Waals surface area contributed by atoms with Crippen LogP contribution in [0.4, 0.5) is 10.5 Å². The Morgan fingerprint density at radius 1 is 0.839 bits per heavy atom. The number of rotatable bonds is 3. The number of nitrogens with one attached hydrogen (secondary N) is 2. The fraction of sp³-hybridized carbons (Fsp3) is 0.625. The summed E-state index contributed by atoms with van der Waals surface area (Å²) in [6.07, 6.45) is 7.41. The molecule has 0 atom stereocenters. The van der Waals surface area contributed by atoms with Crippen LogP contribution < -0.4 is 10.6 Å². The van der Waals surface area contributed by atoms with E-state index in [1.165, 1.54) is 19.3 Å². The van der Waals surface area contributed by atoms with Crippen molar-refractivity contribution in [2.75, 3.05) is 31.5 Å². The molecule has 7 heteroatoms. The Labute approximate surface area is 183 Å². The number of anilines is 1. The van der Waals surface area contributed by atoms with Gasteiger partial charge in [0.15, 0.2) is 0 Å². The van der Waals surface area contributed by atoms with Crippen LogP contribution in [-0.4, -0.2) is 59.4 Å². The van der Waals surface area contributed by atoms with Crippen molar-refractivity contribution >= 4 is 23.5 Å². The van der Waals surface area contributed by atoms with E-state index >= 15 is 0 Å². The van der Waals surface area contributed by atoms with Gasteiger partial charge in [-0.3, -0.25) is 9.59 Å². The minimum atomic E-state index is -0.138. The maximum absolute atomic E-state index is 12.7. The van der Waals surface area contributed by atoms with Crippen molar-refractivity contribution in [3.8, 4) is 0 Å². The summed E-state index contributed by atoms with van der Waals surface area (Å²) >= 11 is 0. The van der Waals surface area contributed by atoms with E-state index in [0.717, 1.165) is 37.0 Å². The molecule has 1 heterocycles. The van der Waals surface area contributed by atoms with Crippen LogP contribution >= 0.6 is 0 Å². The van der Waals surface area contributed by atoms with Crippen LogP contribution in [0.5, 0.6) is 0 Å². The summed E-state index contributed by atoms with van der Waals surface area (Å²) in [4.78, 5) is 40.5. The van der Waals surface area contributed by atoms with Gasteiger partial charge >= 0.3 is 6.03 Å². The Hall–Kier alpha value is -2.57. The maximum Gasteiger partial charge on any atom is 0.319 e. The van der Waals surface area contributed by atoms with Crippen molar-refractivity contribution in [3.63, 3.8) is 0 Å². The molecule has 7 nitrogen and oxygen atoms in total. The Kier molecular flexibility index (Phi) is 5.15. The Balaban J connectivity index is 1.16. The highest BCUT2D eigenvalue weighted by atomic mass is 16.2. The van der Waals surface area contributed by atoms with Crippen molar-refractivity contribution in [3.05, 3.63) is 29.8 Å². The first-order valence-corrected chi connectivity index (χ1v) is 11.6. The van der Waals surface area contributed by atoms with Gasteiger partial charge in [0.2, 0.25) is 5.91 Å². The summed E-state index contributed by atoms with van der Waals surface area (Å²) in [5.74, 6) is 2.37. The van der Waals surface area contributed by atoms with Gasteiger partial charge in [-0.05, 0) is 80.5 Å². The molecular formula is C24H32N4O3. The number of piperazine rings is 1. The summed E-state index contributed by atoms with van der Waals surface area (Å²) in [5.41, 5.74) is 1.28. The lowest BCUT2D eigenvalue weighted by atomic mass is 9.53. The zero-order valence-electron chi connectivity index (χ0n) is 18.2. The smallest absolute Gasteiger partial charge is 0.319 e. The quantitative estimate of drug-likeness (QED) is 0.782. The van der Waals surface area contributed by atoms with Gasteiger partial charge in [0.25, 0.3) is 5.91 Å². The lowest BCUT2D eigenvalue weighted by Gasteiger charge is -2.56. The monoisotopic (exact) mass is 424 g/mol. The van der Waals surface area contributed by atoms with Crippen molar-refractivity contribution in [1.29, 1.82) is 0 Å². The Bertz CT molecular complexity index is 838. The Morgan fingerprint density at radius 2 is 1.35 bits per heavy atom.